The van der Waals surface area contributed by atoms with Gasteiger partial charge in [-0.3, -0.25) is 9.79 Å². The molecule has 0 rings (SSSR count). The number of rotatable bonds is 7. The lowest BCUT2D eigenvalue weighted by Gasteiger charge is -2.21. The van der Waals surface area contributed by atoms with Crippen LogP contribution in [0.1, 0.15) is 27.2 Å². The first-order valence-corrected chi connectivity index (χ1v) is 6.09. The Balaban J connectivity index is 4.20. The molecule has 0 spiro atoms. The van der Waals surface area contributed by atoms with Gasteiger partial charge in [0.2, 0.25) is 0 Å². The van der Waals surface area contributed by atoms with Crippen molar-refractivity contribution in [2.24, 2.45) is 4.99 Å². The summed E-state index contributed by atoms with van der Waals surface area (Å²) in [5, 5.41) is 6.17. The molecule has 18 heavy (non-hydrogen) atoms. The van der Waals surface area contributed by atoms with Crippen LogP contribution in [0.15, 0.2) is 4.99 Å². The molecule has 0 aromatic carbocycles. The van der Waals surface area contributed by atoms with E-state index < -0.39 is 0 Å². The minimum Gasteiger partial charge on any atom is -0.469 e. The van der Waals surface area contributed by atoms with Gasteiger partial charge in [0, 0.05) is 20.2 Å². The van der Waals surface area contributed by atoms with Crippen LogP contribution in [0.3, 0.4) is 0 Å². The number of carbonyl (C=O) groups excluding carboxylic acids is 1. The van der Waals surface area contributed by atoms with Crippen molar-refractivity contribution in [3.63, 3.8) is 0 Å². The van der Waals surface area contributed by atoms with Crippen molar-refractivity contribution in [3.05, 3.63) is 0 Å². The molecule has 0 bridgehead atoms. The third-order valence-corrected chi connectivity index (χ3v) is 2.36. The molecule has 0 aliphatic heterocycles. The van der Waals surface area contributed by atoms with Gasteiger partial charge < -0.3 is 20.1 Å². The fourth-order valence-corrected chi connectivity index (χ4v) is 1.06. The monoisotopic (exact) mass is 259 g/mol. The van der Waals surface area contributed by atoms with Gasteiger partial charge in [0.1, 0.15) is 0 Å². The van der Waals surface area contributed by atoms with E-state index in [9.17, 15) is 4.79 Å². The predicted molar refractivity (Wildman–Crippen MR) is 71.7 cm³/mol. The molecule has 0 aliphatic carbocycles. The quantitative estimate of drug-likeness (QED) is 0.396. The largest absolute Gasteiger partial charge is 0.469 e. The highest BCUT2D eigenvalue weighted by Gasteiger charge is 2.15. The van der Waals surface area contributed by atoms with Crippen LogP contribution in [0.25, 0.3) is 0 Å². The maximum atomic E-state index is 11.0. The molecule has 0 atom stereocenters. The Hall–Kier alpha value is -1.30. The van der Waals surface area contributed by atoms with E-state index in [4.69, 9.17) is 4.74 Å². The number of carbonyl (C=O) groups is 1. The topological polar surface area (TPSA) is 72.0 Å². The second-order valence-corrected chi connectivity index (χ2v) is 4.41. The minimum absolute atomic E-state index is 0.240. The van der Waals surface area contributed by atoms with Gasteiger partial charge in [-0.15, -0.1) is 0 Å². The maximum absolute atomic E-state index is 11.0. The molecule has 0 radical (unpaired) electrons. The zero-order chi connectivity index (χ0) is 14.0. The lowest BCUT2D eigenvalue weighted by Crippen LogP contribution is -2.40. The molecular formula is C12H25N3O3. The van der Waals surface area contributed by atoms with Crippen LogP contribution in [-0.2, 0) is 14.3 Å². The molecule has 0 saturated carbocycles. The molecule has 0 fully saturated rings. The van der Waals surface area contributed by atoms with Crippen LogP contribution in [-0.4, -0.2) is 51.4 Å². The highest BCUT2D eigenvalue weighted by Crippen LogP contribution is 2.06. The van der Waals surface area contributed by atoms with E-state index in [2.05, 4.69) is 20.4 Å². The normalized spacial score (nSPS) is 12.2. The Morgan fingerprint density at radius 3 is 2.44 bits per heavy atom. The lowest BCUT2D eigenvalue weighted by molar-refractivity contribution is -0.140. The summed E-state index contributed by atoms with van der Waals surface area (Å²) in [7, 11) is 3.04. The third-order valence-electron chi connectivity index (χ3n) is 2.36. The average molecular weight is 259 g/mol. The summed E-state index contributed by atoms with van der Waals surface area (Å²) in [5.41, 5.74) is -0.301. The second kappa shape index (κ2) is 8.74. The fourth-order valence-electron chi connectivity index (χ4n) is 1.06. The highest BCUT2D eigenvalue weighted by atomic mass is 16.5. The maximum Gasteiger partial charge on any atom is 0.307 e. The van der Waals surface area contributed by atoms with Crippen LogP contribution in [0.4, 0.5) is 0 Å². The van der Waals surface area contributed by atoms with Crippen LogP contribution >= 0.6 is 0 Å². The Morgan fingerprint density at radius 1 is 1.28 bits per heavy atom. The van der Waals surface area contributed by atoms with Gasteiger partial charge in [0.15, 0.2) is 5.96 Å². The van der Waals surface area contributed by atoms with E-state index in [-0.39, 0.29) is 11.6 Å². The number of aliphatic imine (C=N–C) groups is 1. The molecule has 0 aromatic rings. The van der Waals surface area contributed by atoms with Gasteiger partial charge >= 0.3 is 5.97 Å². The van der Waals surface area contributed by atoms with E-state index >= 15 is 0 Å². The molecule has 0 amide bonds. The fraction of sp³-hybridized carbons (Fsp3) is 0.833. The summed E-state index contributed by atoms with van der Waals surface area (Å²) in [4.78, 5) is 15.4. The number of hydrogen-bond donors (Lipinski definition) is 2. The zero-order valence-electron chi connectivity index (χ0n) is 12.0. The van der Waals surface area contributed by atoms with Gasteiger partial charge in [-0.25, -0.2) is 0 Å². The van der Waals surface area contributed by atoms with Crippen molar-refractivity contribution in [1.82, 2.24) is 10.6 Å². The summed E-state index contributed by atoms with van der Waals surface area (Å²) in [5.74, 6) is 0.432. The van der Waals surface area contributed by atoms with Crippen molar-refractivity contribution in [2.75, 3.05) is 33.9 Å². The predicted octanol–water partition coefficient (Wildman–Crippen LogP) is 0.530. The number of ether oxygens (including phenoxy) is 2. The number of methoxy groups -OCH3 is 2. The second-order valence-electron chi connectivity index (χ2n) is 4.41. The number of nitrogens with one attached hydrogen (secondary N) is 2. The van der Waals surface area contributed by atoms with Crippen LogP contribution in [0.2, 0.25) is 0 Å². The van der Waals surface area contributed by atoms with Gasteiger partial charge in [0.05, 0.1) is 25.7 Å². The zero-order valence-corrected chi connectivity index (χ0v) is 12.0. The molecule has 0 aromatic heterocycles. The molecule has 0 unspecified atom stereocenters. The lowest BCUT2D eigenvalue weighted by atomic mass is 10.1. The average Bonchev–Trinajstić information content (AvgIpc) is 2.35. The Kier molecular flexibility index (Phi) is 8.11. The van der Waals surface area contributed by atoms with Gasteiger partial charge in [-0.2, -0.15) is 0 Å². The summed E-state index contributed by atoms with van der Waals surface area (Å²) < 4.78 is 9.85. The van der Waals surface area contributed by atoms with Crippen LogP contribution in [0, 0.1) is 0 Å². The van der Waals surface area contributed by atoms with Crippen molar-refractivity contribution in [2.45, 2.75) is 32.8 Å². The summed E-state index contributed by atoms with van der Waals surface area (Å²) in [6.07, 6.45) is 0.314. The first-order chi connectivity index (χ1) is 8.45. The summed E-state index contributed by atoms with van der Waals surface area (Å²) in [6, 6.07) is 0. The first kappa shape index (κ1) is 16.7. The van der Waals surface area contributed by atoms with Crippen molar-refractivity contribution in [3.8, 4) is 0 Å². The Morgan fingerprint density at radius 2 is 1.94 bits per heavy atom. The number of nitrogens with zero attached hydrogens (tertiary/aromatic N) is 1. The van der Waals surface area contributed by atoms with E-state index in [0.717, 1.165) is 6.54 Å². The molecule has 6 nitrogen and oxygen atoms in total. The third kappa shape index (κ3) is 7.89. The molecular weight excluding hydrogens is 234 g/mol. The molecule has 0 saturated heterocycles. The van der Waals surface area contributed by atoms with Crippen LogP contribution < -0.4 is 10.6 Å². The van der Waals surface area contributed by atoms with Crippen molar-refractivity contribution < 1.29 is 14.3 Å². The molecule has 106 valence electrons. The number of guanidine groups is 1. The Bertz CT molecular complexity index is 278. The summed E-state index contributed by atoms with van der Waals surface area (Å²) in [6.45, 7) is 7.71. The molecule has 0 heterocycles. The molecule has 0 aliphatic rings. The van der Waals surface area contributed by atoms with Gasteiger partial charge in [-0.1, -0.05) is 0 Å². The highest BCUT2D eigenvalue weighted by molar-refractivity contribution is 5.80. The van der Waals surface area contributed by atoms with Crippen molar-refractivity contribution in [1.29, 1.82) is 0 Å². The van der Waals surface area contributed by atoms with E-state index in [1.807, 2.05) is 20.8 Å². The molecule has 6 heteroatoms. The Labute approximate surface area is 109 Å². The summed E-state index contributed by atoms with van der Waals surface area (Å²) >= 11 is 0. The van der Waals surface area contributed by atoms with E-state index in [1.165, 1.54) is 7.11 Å². The van der Waals surface area contributed by atoms with Gasteiger partial charge in [-0.05, 0) is 20.8 Å². The standard InChI is InChI=1S/C12H25N3O3/c1-6-13-11(14-8-7-10(16)17-4)15-9-12(2,3)18-5/h6-9H2,1-5H3,(H2,13,14,15). The first-order valence-electron chi connectivity index (χ1n) is 6.09. The number of esters is 1. The van der Waals surface area contributed by atoms with E-state index in [0.29, 0.717) is 25.5 Å². The number of hydrogen-bond acceptors (Lipinski definition) is 4. The van der Waals surface area contributed by atoms with Crippen molar-refractivity contribution >= 4 is 11.9 Å². The van der Waals surface area contributed by atoms with Crippen LogP contribution in [0.5, 0.6) is 0 Å². The molecule has 2 N–H and O–H groups in total. The van der Waals surface area contributed by atoms with Gasteiger partial charge in [0.25, 0.3) is 0 Å². The smallest absolute Gasteiger partial charge is 0.307 e. The minimum atomic E-state index is -0.301. The van der Waals surface area contributed by atoms with E-state index in [1.54, 1.807) is 7.11 Å². The SMILES string of the molecule is CCNC(=NCC(C)(C)OC)NCCC(=O)OC.